The summed E-state index contributed by atoms with van der Waals surface area (Å²) in [6.45, 7) is 0. The Bertz CT molecular complexity index is 888. The predicted molar refractivity (Wildman–Crippen MR) is 99.1 cm³/mol. The van der Waals surface area contributed by atoms with Gasteiger partial charge in [-0.3, -0.25) is 4.79 Å². The second-order valence-corrected chi connectivity index (χ2v) is 7.50. The molecular weight excluding hydrogens is 397 g/mol. The van der Waals surface area contributed by atoms with Gasteiger partial charge < -0.3 is 4.42 Å². The lowest BCUT2D eigenvalue weighted by Gasteiger charge is -2.17. The van der Waals surface area contributed by atoms with Crippen LogP contribution >= 0.6 is 23.4 Å². The van der Waals surface area contributed by atoms with Crippen molar-refractivity contribution >= 4 is 29.1 Å². The van der Waals surface area contributed by atoms with Gasteiger partial charge in [0.25, 0.3) is 0 Å². The SMILES string of the molecule is O=C(CC(Sc1ccc(Cl)cc1)c1ccc(C(F)(F)F)cc1)c1ccco1. The molecule has 0 spiro atoms. The molecule has 0 saturated carbocycles. The van der Waals surface area contributed by atoms with Gasteiger partial charge in [0.1, 0.15) is 0 Å². The summed E-state index contributed by atoms with van der Waals surface area (Å²) in [5, 5.41) is 0.211. The summed E-state index contributed by atoms with van der Waals surface area (Å²) in [5.41, 5.74) is -0.0956. The fourth-order valence-electron chi connectivity index (χ4n) is 2.50. The minimum atomic E-state index is -4.40. The Hall–Kier alpha value is -2.18. The van der Waals surface area contributed by atoms with E-state index in [1.165, 1.54) is 30.2 Å². The number of alkyl halides is 3. The van der Waals surface area contributed by atoms with Gasteiger partial charge in [-0.1, -0.05) is 23.7 Å². The Morgan fingerprint density at radius 1 is 1.04 bits per heavy atom. The van der Waals surface area contributed by atoms with Gasteiger partial charge in [0, 0.05) is 21.6 Å². The second-order valence-electron chi connectivity index (χ2n) is 5.78. The standard InChI is InChI=1S/C20H14ClF3O2S/c21-15-7-9-16(10-8-15)27-19(12-17(25)18-2-1-11-26-18)13-3-5-14(6-4-13)20(22,23)24/h1-11,19H,12H2. The fourth-order valence-corrected chi connectivity index (χ4v) is 3.77. The number of furan rings is 1. The van der Waals surface area contributed by atoms with E-state index in [9.17, 15) is 18.0 Å². The summed E-state index contributed by atoms with van der Waals surface area (Å²) < 4.78 is 43.6. The number of halogens is 4. The van der Waals surface area contributed by atoms with E-state index in [-0.39, 0.29) is 23.2 Å². The third kappa shape index (κ3) is 5.17. The number of hydrogen-bond acceptors (Lipinski definition) is 3. The summed E-state index contributed by atoms with van der Waals surface area (Å²) in [4.78, 5) is 13.3. The maximum Gasteiger partial charge on any atom is 0.416 e. The highest BCUT2D eigenvalue weighted by atomic mass is 35.5. The Kier molecular flexibility index (Phi) is 5.97. The number of carbonyl (C=O) groups is 1. The summed E-state index contributed by atoms with van der Waals surface area (Å²) in [5.74, 6) is 0.00924. The summed E-state index contributed by atoms with van der Waals surface area (Å²) in [6, 6.07) is 15.1. The summed E-state index contributed by atoms with van der Waals surface area (Å²) in [6.07, 6.45) is -2.90. The van der Waals surface area contributed by atoms with Gasteiger partial charge >= 0.3 is 6.18 Å². The number of hydrogen-bond donors (Lipinski definition) is 0. The van der Waals surface area contributed by atoms with Gasteiger partial charge in [0.05, 0.1) is 11.8 Å². The van der Waals surface area contributed by atoms with E-state index in [0.29, 0.717) is 10.6 Å². The van der Waals surface area contributed by atoms with Crippen LogP contribution in [0.15, 0.2) is 76.2 Å². The lowest BCUT2D eigenvalue weighted by molar-refractivity contribution is -0.137. The van der Waals surface area contributed by atoms with E-state index in [1.807, 2.05) is 0 Å². The largest absolute Gasteiger partial charge is 0.461 e. The number of ketones is 1. The molecule has 7 heteroatoms. The number of Topliss-reactive ketones (excluding diaryl/α,β-unsaturated/α-hetero) is 1. The third-order valence-electron chi connectivity index (χ3n) is 3.87. The molecule has 3 aromatic rings. The Balaban J connectivity index is 1.86. The molecule has 1 unspecified atom stereocenters. The van der Waals surface area contributed by atoms with Gasteiger partial charge in [-0.05, 0) is 54.1 Å². The Labute approximate surface area is 163 Å². The minimum Gasteiger partial charge on any atom is -0.461 e. The molecule has 0 aliphatic carbocycles. The van der Waals surface area contributed by atoms with Crippen LogP contribution in [0.4, 0.5) is 13.2 Å². The first-order valence-electron chi connectivity index (χ1n) is 7.99. The first kappa shape index (κ1) is 19.6. The Morgan fingerprint density at radius 3 is 2.26 bits per heavy atom. The second kappa shape index (κ2) is 8.23. The van der Waals surface area contributed by atoms with Gasteiger partial charge in [0.2, 0.25) is 0 Å². The van der Waals surface area contributed by atoms with Crippen LogP contribution in [0.2, 0.25) is 5.02 Å². The molecule has 0 bridgehead atoms. The van der Waals surface area contributed by atoms with Crippen molar-refractivity contribution < 1.29 is 22.4 Å². The van der Waals surface area contributed by atoms with Crippen LogP contribution in [0.25, 0.3) is 0 Å². The monoisotopic (exact) mass is 410 g/mol. The van der Waals surface area contributed by atoms with Crippen molar-refractivity contribution in [1.82, 2.24) is 0 Å². The quantitative estimate of drug-likeness (QED) is 0.322. The first-order chi connectivity index (χ1) is 12.8. The minimum absolute atomic E-state index is 0.0895. The zero-order valence-corrected chi connectivity index (χ0v) is 15.4. The topological polar surface area (TPSA) is 30.2 Å². The van der Waals surface area contributed by atoms with Crippen LogP contribution in [-0.2, 0) is 6.18 Å². The molecule has 1 heterocycles. The first-order valence-corrected chi connectivity index (χ1v) is 9.25. The van der Waals surface area contributed by atoms with Crippen molar-refractivity contribution in [1.29, 1.82) is 0 Å². The van der Waals surface area contributed by atoms with E-state index < -0.39 is 11.7 Å². The average Bonchev–Trinajstić information content (AvgIpc) is 3.17. The average molecular weight is 411 g/mol. The van der Waals surface area contributed by atoms with Gasteiger partial charge in [0.15, 0.2) is 11.5 Å². The van der Waals surface area contributed by atoms with Crippen LogP contribution in [-0.4, -0.2) is 5.78 Å². The summed E-state index contributed by atoms with van der Waals surface area (Å²) in [7, 11) is 0. The Morgan fingerprint density at radius 2 is 1.70 bits per heavy atom. The molecule has 0 aliphatic rings. The van der Waals surface area contributed by atoms with Crippen molar-refractivity contribution in [3.05, 3.63) is 88.8 Å². The van der Waals surface area contributed by atoms with Crippen LogP contribution in [0.3, 0.4) is 0 Å². The predicted octanol–water partition coefficient (Wildman–Crippen LogP) is 7.06. The normalized spacial score (nSPS) is 12.7. The molecule has 0 amide bonds. The molecule has 2 aromatic carbocycles. The smallest absolute Gasteiger partial charge is 0.416 e. The van der Waals surface area contributed by atoms with E-state index in [4.69, 9.17) is 16.0 Å². The molecule has 2 nitrogen and oxygen atoms in total. The number of benzene rings is 2. The van der Waals surface area contributed by atoms with Crippen LogP contribution in [0.1, 0.15) is 33.4 Å². The van der Waals surface area contributed by atoms with Crippen molar-refractivity contribution in [2.24, 2.45) is 0 Å². The highest BCUT2D eigenvalue weighted by Gasteiger charge is 2.30. The molecule has 1 atom stereocenters. The van der Waals surface area contributed by atoms with Crippen LogP contribution < -0.4 is 0 Å². The van der Waals surface area contributed by atoms with E-state index >= 15 is 0 Å². The highest BCUT2D eigenvalue weighted by molar-refractivity contribution is 7.99. The maximum atomic E-state index is 12.8. The van der Waals surface area contributed by atoms with Gasteiger partial charge in [-0.2, -0.15) is 13.2 Å². The number of thioether (sulfide) groups is 1. The fraction of sp³-hybridized carbons (Fsp3) is 0.150. The van der Waals surface area contributed by atoms with Crippen molar-refractivity contribution in [3.63, 3.8) is 0 Å². The van der Waals surface area contributed by atoms with Gasteiger partial charge in [-0.15, -0.1) is 11.8 Å². The zero-order valence-electron chi connectivity index (χ0n) is 13.9. The van der Waals surface area contributed by atoms with Crippen molar-refractivity contribution in [2.75, 3.05) is 0 Å². The summed E-state index contributed by atoms with van der Waals surface area (Å²) >= 11 is 7.28. The van der Waals surface area contributed by atoms with Crippen molar-refractivity contribution in [2.45, 2.75) is 22.7 Å². The number of carbonyl (C=O) groups excluding carboxylic acids is 1. The molecule has 0 radical (unpaired) electrons. The third-order valence-corrected chi connectivity index (χ3v) is 5.39. The highest BCUT2D eigenvalue weighted by Crippen LogP contribution is 2.40. The molecule has 3 rings (SSSR count). The molecular formula is C20H14ClF3O2S. The molecule has 0 N–H and O–H groups in total. The number of rotatable bonds is 6. The molecule has 27 heavy (non-hydrogen) atoms. The molecule has 0 fully saturated rings. The van der Waals surface area contributed by atoms with Gasteiger partial charge in [-0.25, -0.2) is 0 Å². The molecule has 0 saturated heterocycles. The lowest BCUT2D eigenvalue weighted by Crippen LogP contribution is -2.07. The van der Waals surface area contributed by atoms with Crippen LogP contribution in [0, 0.1) is 0 Å². The maximum absolute atomic E-state index is 12.8. The van der Waals surface area contributed by atoms with E-state index in [1.54, 1.807) is 36.4 Å². The molecule has 1 aromatic heterocycles. The molecule has 0 aliphatic heterocycles. The lowest BCUT2D eigenvalue weighted by atomic mass is 10.0. The zero-order chi connectivity index (χ0) is 19.4. The van der Waals surface area contributed by atoms with Crippen molar-refractivity contribution in [3.8, 4) is 0 Å². The van der Waals surface area contributed by atoms with E-state index in [2.05, 4.69) is 0 Å². The van der Waals surface area contributed by atoms with Crippen LogP contribution in [0.5, 0.6) is 0 Å². The van der Waals surface area contributed by atoms with E-state index in [0.717, 1.165) is 17.0 Å². The molecule has 140 valence electrons.